The first-order valence-corrected chi connectivity index (χ1v) is 14.5. The Kier molecular flexibility index (Phi) is 5.29. The molecule has 0 saturated carbocycles. The predicted octanol–water partition coefficient (Wildman–Crippen LogP) is 8.43. The minimum atomic E-state index is -0.231. The molecule has 0 unspecified atom stereocenters. The quantitative estimate of drug-likeness (QED) is 0.0890. The van der Waals surface area contributed by atoms with Crippen molar-refractivity contribution in [1.82, 2.24) is 19.4 Å². The van der Waals surface area contributed by atoms with Gasteiger partial charge in [0.2, 0.25) is 11.2 Å². The zero-order chi connectivity index (χ0) is 29.9. The van der Waals surface area contributed by atoms with Crippen LogP contribution in [0, 0.1) is 20.4 Å². The fraction of sp³-hybridized carbons (Fsp3) is 0.306. The van der Waals surface area contributed by atoms with Crippen molar-refractivity contribution in [3.63, 3.8) is 0 Å². The Labute approximate surface area is 245 Å². The Morgan fingerprint density at radius 1 is 0.810 bits per heavy atom. The third kappa shape index (κ3) is 3.56. The molecule has 0 fully saturated rings. The lowest BCUT2D eigenvalue weighted by molar-refractivity contribution is -0.643. The van der Waals surface area contributed by atoms with E-state index in [0.29, 0.717) is 11.5 Å². The molecule has 208 valence electrons. The summed E-state index contributed by atoms with van der Waals surface area (Å²) in [5, 5.41) is 5.79. The zero-order valence-corrected chi connectivity index (χ0v) is 25.8. The summed E-state index contributed by atoms with van der Waals surface area (Å²) in [6.45, 7) is 25.3. The summed E-state index contributed by atoms with van der Waals surface area (Å²) in [5.41, 5.74) is 7.99. The molecular weight excluding hydrogens is 516 g/mol. The van der Waals surface area contributed by atoms with Gasteiger partial charge in [-0.05, 0) is 53.9 Å². The van der Waals surface area contributed by atoms with E-state index in [1.807, 2.05) is 12.1 Å². The highest BCUT2D eigenvalue weighted by atomic mass is 15.1. The van der Waals surface area contributed by atoms with Gasteiger partial charge in [-0.25, -0.2) is 24.4 Å². The molecule has 0 aliphatic carbocycles. The number of nitrogens with zero attached hydrogens (tertiary/aromatic N) is 6. The van der Waals surface area contributed by atoms with Gasteiger partial charge in [-0.1, -0.05) is 59.7 Å². The van der Waals surface area contributed by atoms with Crippen molar-refractivity contribution in [3.8, 4) is 11.4 Å². The summed E-state index contributed by atoms with van der Waals surface area (Å²) in [6, 6.07) is 15.0. The van der Waals surface area contributed by atoms with Crippen LogP contribution in [0.25, 0.3) is 65.2 Å². The Balaban J connectivity index is 1.75. The second-order valence-electron chi connectivity index (χ2n) is 13.8. The van der Waals surface area contributed by atoms with E-state index in [2.05, 4.69) is 113 Å². The summed E-state index contributed by atoms with van der Waals surface area (Å²) < 4.78 is 4.57. The largest absolute Gasteiger partial charge is 0.317 e. The summed E-state index contributed by atoms with van der Waals surface area (Å²) in [5.74, 6) is 2.25. The second kappa shape index (κ2) is 8.45. The first-order valence-electron chi connectivity index (χ1n) is 14.5. The van der Waals surface area contributed by atoms with Gasteiger partial charge >= 0.3 is 0 Å². The van der Waals surface area contributed by atoms with E-state index >= 15 is 0 Å². The third-order valence-corrected chi connectivity index (χ3v) is 8.62. The number of benzene rings is 3. The Morgan fingerprint density at radius 3 is 2.14 bits per heavy atom. The zero-order valence-electron chi connectivity index (χ0n) is 25.8. The van der Waals surface area contributed by atoms with Crippen LogP contribution in [0.1, 0.15) is 64.3 Å². The van der Waals surface area contributed by atoms with Crippen molar-refractivity contribution < 1.29 is 4.57 Å². The molecular formula is C36H35N6+. The molecule has 0 N–H and O–H groups in total. The molecule has 0 saturated heterocycles. The van der Waals surface area contributed by atoms with Crippen molar-refractivity contribution in [1.29, 1.82) is 0 Å². The molecule has 0 bridgehead atoms. The molecule has 0 aliphatic heterocycles. The van der Waals surface area contributed by atoms with Crippen molar-refractivity contribution in [2.45, 2.75) is 66.2 Å². The highest BCUT2D eigenvalue weighted by molar-refractivity contribution is 6.27. The minimum absolute atomic E-state index is 0.231. The van der Waals surface area contributed by atoms with Crippen molar-refractivity contribution in [2.75, 3.05) is 0 Å². The summed E-state index contributed by atoms with van der Waals surface area (Å²) in [4.78, 5) is 19.0. The molecule has 0 spiro atoms. The smallest absolute Gasteiger partial charge is 0.224 e. The van der Waals surface area contributed by atoms with Crippen LogP contribution in [0.5, 0.6) is 0 Å². The van der Waals surface area contributed by atoms with Crippen molar-refractivity contribution >= 4 is 54.7 Å². The van der Waals surface area contributed by atoms with Gasteiger partial charge in [0.25, 0.3) is 0 Å². The number of hydrogen-bond acceptors (Lipinski definition) is 3. The number of aromatic nitrogens is 5. The van der Waals surface area contributed by atoms with Gasteiger partial charge in [-0.2, -0.15) is 0 Å². The molecule has 6 heteroatoms. The molecule has 7 aromatic rings. The third-order valence-electron chi connectivity index (χ3n) is 8.62. The van der Waals surface area contributed by atoms with Gasteiger partial charge in [-0.15, -0.1) is 0 Å². The van der Waals surface area contributed by atoms with Crippen LogP contribution in [0.2, 0.25) is 0 Å². The van der Waals surface area contributed by atoms with Crippen molar-refractivity contribution in [2.24, 2.45) is 7.05 Å². The van der Waals surface area contributed by atoms with Crippen LogP contribution in [0.3, 0.4) is 0 Å². The van der Waals surface area contributed by atoms with E-state index in [1.165, 1.54) is 32.8 Å². The molecule has 0 amide bonds. The van der Waals surface area contributed by atoms with Crippen LogP contribution >= 0.6 is 0 Å². The maximum atomic E-state index is 8.07. The lowest BCUT2D eigenvalue weighted by atomic mass is 9.92. The molecule has 4 aromatic heterocycles. The molecule has 7 rings (SSSR count). The lowest BCUT2D eigenvalue weighted by Crippen LogP contribution is -2.29. The van der Waals surface area contributed by atoms with E-state index in [9.17, 15) is 0 Å². The summed E-state index contributed by atoms with van der Waals surface area (Å²) in [6.07, 6.45) is 2.15. The minimum Gasteiger partial charge on any atom is -0.317 e. The maximum absolute atomic E-state index is 8.07. The van der Waals surface area contributed by atoms with E-state index in [-0.39, 0.29) is 10.8 Å². The summed E-state index contributed by atoms with van der Waals surface area (Å²) >= 11 is 0. The first kappa shape index (κ1) is 26.3. The van der Waals surface area contributed by atoms with E-state index < -0.39 is 0 Å². The maximum Gasteiger partial charge on any atom is 0.224 e. The molecule has 0 aliphatic rings. The van der Waals surface area contributed by atoms with Gasteiger partial charge in [0.05, 0.1) is 33.9 Å². The number of pyridine rings is 2. The van der Waals surface area contributed by atoms with Crippen LogP contribution in [0.15, 0.2) is 48.7 Å². The van der Waals surface area contributed by atoms with Crippen LogP contribution in [0.4, 0.5) is 5.69 Å². The average Bonchev–Trinajstić information content (AvgIpc) is 3.27. The fourth-order valence-electron chi connectivity index (χ4n) is 6.32. The van der Waals surface area contributed by atoms with Gasteiger partial charge < -0.3 is 4.40 Å². The standard InChI is InChI=1S/C36H35N6/c1-19-16-24-23-12-11-13-25(37-9)29(23)42-26-18-22(32-38-33(35(3,4)5)40-34(39-32)36(6,7)8)17-21-14-15-41(10)31(28(21)26)27(20(19)2)30(24)42/h11-18H,1-8,10H3/q+1. The Hall–Kier alpha value is -4.63. The molecule has 4 heterocycles. The molecule has 3 aromatic carbocycles. The number of aryl methyl sites for hydroxylation is 3. The molecule has 0 atom stereocenters. The predicted molar refractivity (Wildman–Crippen MR) is 172 cm³/mol. The molecule has 42 heavy (non-hydrogen) atoms. The average molecular weight is 552 g/mol. The fourth-order valence-corrected chi connectivity index (χ4v) is 6.32. The second-order valence-corrected chi connectivity index (χ2v) is 13.8. The van der Waals surface area contributed by atoms with Gasteiger partial charge in [0.15, 0.2) is 12.0 Å². The van der Waals surface area contributed by atoms with Gasteiger partial charge in [0, 0.05) is 27.8 Å². The van der Waals surface area contributed by atoms with Crippen LogP contribution in [-0.2, 0) is 17.9 Å². The number of para-hydroxylation sites is 1. The van der Waals surface area contributed by atoms with E-state index in [1.54, 1.807) is 0 Å². The molecule has 0 radical (unpaired) electrons. The van der Waals surface area contributed by atoms with Gasteiger partial charge in [0.1, 0.15) is 18.7 Å². The Bertz CT molecular complexity index is 2270. The number of fused-ring (bicyclic) bond motifs is 5. The summed E-state index contributed by atoms with van der Waals surface area (Å²) in [7, 11) is 2.13. The van der Waals surface area contributed by atoms with E-state index in [0.717, 1.165) is 44.5 Å². The lowest BCUT2D eigenvalue weighted by Gasteiger charge is -2.23. The van der Waals surface area contributed by atoms with Crippen molar-refractivity contribution in [3.05, 3.63) is 82.9 Å². The number of hydrogen-bond donors (Lipinski definition) is 0. The SMILES string of the molecule is [C-]#[N+]c1cccc2c3cc(C)c(C)c4c3n(c3cc(-c5nc(C(C)(C)C)nc(C(C)(C)C)n5)cc5cc[n+](C)c4c53)c12. The topological polar surface area (TPSA) is 51.3 Å². The Morgan fingerprint density at radius 2 is 1.50 bits per heavy atom. The first-order chi connectivity index (χ1) is 19.8. The van der Waals surface area contributed by atoms with Crippen LogP contribution < -0.4 is 4.57 Å². The number of rotatable bonds is 1. The molecule has 6 nitrogen and oxygen atoms in total. The highest BCUT2D eigenvalue weighted by Crippen LogP contribution is 2.44. The van der Waals surface area contributed by atoms with E-state index in [4.69, 9.17) is 21.5 Å². The monoisotopic (exact) mass is 551 g/mol. The van der Waals surface area contributed by atoms with Gasteiger partial charge in [-0.3, -0.25) is 0 Å². The highest BCUT2D eigenvalue weighted by Gasteiger charge is 2.28. The normalized spacial score (nSPS) is 12.9. The van der Waals surface area contributed by atoms with Crippen LogP contribution in [-0.4, -0.2) is 19.4 Å².